The van der Waals surface area contributed by atoms with Crippen molar-refractivity contribution in [1.82, 2.24) is 20.2 Å². The molecule has 112 valence electrons. The highest BCUT2D eigenvalue weighted by Gasteiger charge is 2.09. The summed E-state index contributed by atoms with van der Waals surface area (Å²) < 4.78 is 12.2. The molecule has 0 N–H and O–H groups in total. The van der Waals surface area contributed by atoms with Crippen LogP contribution in [0.25, 0.3) is 0 Å². The molecule has 0 amide bonds. The van der Waals surface area contributed by atoms with Gasteiger partial charge in [0.05, 0.1) is 13.0 Å². The Kier molecular flexibility index (Phi) is 5.69. The molecule has 1 aromatic carbocycles. The predicted octanol–water partition coefficient (Wildman–Crippen LogP) is 1.60. The molecule has 0 saturated carbocycles. The maximum Gasteiger partial charge on any atom is 0.309 e. The molecule has 0 fully saturated rings. The second kappa shape index (κ2) is 7.98. The average Bonchev–Trinajstić information content (AvgIpc) is 2.94. The Hall–Kier alpha value is -2.44. The Bertz CT molecular complexity index is 556. The van der Waals surface area contributed by atoms with E-state index in [-0.39, 0.29) is 25.6 Å². The number of tetrazole rings is 1. The topological polar surface area (TPSA) is 79.1 Å². The van der Waals surface area contributed by atoms with Crippen molar-refractivity contribution >= 4 is 5.97 Å². The van der Waals surface area contributed by atoms with E-state index in [1.165, 1.54) is 0 Å². The van der Waals surface area contributed by atoms with Crippen LogP contribution < -0.4 is 4.74 Å². The lowest BCUT2D eigenvalue weighted by Gasteiger charge is -2.07. The molecular weight excluding hydrogens is 272 g/mol. The highest BCUT2D eigenvalue weighted by molar-refractivity contribution is 5.69. The number of carbonyl (C=O) groups is 1. The van der Waals surface area contributed by atoms with Gasteiger partial charge in [0.25, 0.3) is 0 Å². The van der Waals surface area contributed by atoms with Crippen molar-refractivity contribution in [3.8, 4) is 5.75 Å². The average molecular weight is 290 g/mol. The summed E-state index contributed by atoms with van der Waals surface area (Å²) in [6.45, 7) is 3.09. The Morgan fingerprint density at radius 1 is 1.29 bits per heavy atom. The number of carbonyl (C=O) groups excluding carboxylic acids is 1. The summed E-state index contributed by atoms with van der Waals surface area (Å²) in [6, 6.07) is 9.33. The van der Waals surface area contributed by atoms with Crippen molar-refractivity contribution in [2.75, 3.05) is 6.61 Å². The monoisotopic (exact) mass is 290 g/mol. The molecule has 21 heavy (non-hydrogen) atoms. The molecule has 7 heteroatoms. The fraction of sp³-hybridized carbons (Fsp3) is 0.429. The van der Waals surface area contributed by atoms with E-state index >= 15 is 0 Å². The van der Waals surface area contributed by atoms with Crippen LogP contribution in [0.15, 0.2) is 30.3 Å². The van der Waals surface area contributed by atoms with Crippen LogP contribution in [0.5, 0.6) is 5.75 Å². The fourth-order valence-electron chi connectivity index (χ4n) is 1.70. The van der Waals surface area contributed by atoms with Gasteiger partial charge in [-0.05, 0) is 29.0 Å². The van der Waals surface area contributed by atoms with Gasteiger partial charge in [-0.15, -0.1) is 5.10 Å². The standard InChI is InChI=1S/C14H18N4O3/c1-2-9-18-13(15-16-17-18)11-21-14(19)8-10-20-12-6-4-3-5-7-12/h3-7H,2,8-11H2,1H3. The lowest BCUT2D eigenvalue weighted by Crippen LogP contribution is -2.13. The van der Waals surface area contributed by atoms with Crippen molar-refractivity contribution in [3.63, 3.8) is 0 Å². The van der Waals surface area contributed by atoms with Crippen molar-refractivity contribution in [3.05, 3.63) is 36.2 Å². The van der Waals surface area contributed by atoms with Crippen molar-refractivity contribution in [1.29, 1.82) is 0 Å². The van der Waals surface area contributed by atoms with E-state index in [0.29, 0.717) is 12.4 Å². The molecule has 0 aliphatic rings. The number of hydrogen-bond donors (Lipinski definition) is 0. The Balaban J connectivity index is 1.69. The first kappa shape index (κ1) is 15.0. The van der Waals surface area contributed by atoms with E-state index in [1.807, 2.05) is 37.3 Å². The number of nitrogens with zero attached hydrogens (tertiary/aromatic N) is 4. The van der Waals surface area contributed by atoms with E-state index in [0.717, 1.165) is 12.2 Å². The van der Waals surface area contributed by atoms with Crippen LogP contribution in [-0.4, -0.2) is 32.8 Å². The van der Waals surface area contributed by atoms with Crippen molar-refractivity contribution in [2.24, 2.45) is 0 Å². The normalized spacial score (nSPS) is 10.3. The minimum Gasteiger partial charge on any atom is -0.493 e. The van der Waals surface area contributed by atoms with E-state index in [9.17, 15) is 4.79 Å². The quantitative estimate of drug-likeness (QED) is 0.687. The maximum absolute atomic E-state index is 11.6. The Morgan fingerprint density at radius 2 is 2.10 bits per heavy atom. The zero-order valence-electron chi connectivity index (χ0n) is 11.9. The number of aryl methyl sites for hydroxylation is 1. The molecule has 0 bridgehead atoms. The van der Waals surface area contributed by atoms with Gasteiger partial charge in [-0.25, -0.2) is 4.68 Å². The van der Waals surface area contributed by atoms with Crippen molar-refractivity contribution < 1.29 is 14.3 Å². The first-order valence-electron chi connectivity index (χ1n) is 6.88. The molecule has 7 nitrogen and oxygen atoms in total. The number of benzene rings is 1. The molecule has 0 spiro atoms. The molecule has 1 heterocycles. The van der Waals surface area contributed by atoms with Crippen LogP contribution in [0.2, 0.25) is 0 Å². The molecular formula is C14H18N4O3. The molecule has 0 unspecified atom stereocenters. The summed E-state index contributed by atoms with van der Waals surface area (Å²) >= 11 is 0. The molecule has 2 aromatic rings. The molecule has 1 aromatic heterocycles. The number of hydrogen-bond acceptors (Lipinski definition) is 6. The summed E-state index contributed by atoms with van der Waals surface area (Å²) in [5, 5.41) is 11.2. The van der Waals surface area contributed by atoms with Crippen LogP contribution >= 0.6 is 0 Å². The number of aromatic nitrogens is 4. The maximum atomic E-state index is 11.6. The fourth-order valence-corrected chi connectivity index (χ4v) is 1.70. The molecule has 2 rings (SSSR count). The minimum atomic E-state index is -0.336. The van der Waals surface area contributed by atoms with Gasteiger partial charge < -0.3 is 9.47 Å². The van der Waals surface area contributed by atoms with Gasteiger partial charge in [-0.2, -0.15) is 0 Å². The van der Waals surface area contributed by atoms with Crippen LogP contribution in [0.3, 0.4) is 0 Å². The number of para-hydroxylation sites is 1. The summed E-state index contributed by atoms with van der Waals surface area (Å²) in [7, 11) is 0. The molecule has 0 aliphatic carbocycles. The van der Waals surface area contributed by atoms with E-state index in [1.54, 1.807) is 4.68 Å². The summed E-state index contributed by atoms with van der Waals surface area (Å²) in [6.07, 6.45) is 1.10. The summed E-state index contributed by atoms with van der Waals surface area (Å²) in [5.74, 6) is 0.948. The van der Waals surface area contributed by atoms with E-state index in [4.69, 9.17) is 9.47 Å². The number of esters is 1. The zero-order valence-corrected chi connectivity index (χ0v) is 11.9. The van der Waals surface area contributed by atoms with Crippen molar-refractivity contribution in [2.45, 2.75) is 32.9 Å². The zero-order chi connectivity index (χ0) is 14.9. The predicted molar refractivity (Wildman–Crippen MR) is 74.5 cm³/mol. The molecule has 0 aliphatic heterocycles. The lowest BCUT2D eigenvalue weighted by molar-refractivity contribution is -0.145. The van der Waals surface area contributed by atoms with Crippen LogP contribution in [0, 0.1) is 0 Å². The Morgan fingerprint density at radius 3 is 2.86 bits per heavy atom. The highest BCUT2D eigenvalue weighted by atomic mass is 16.5. The van der Waals surface area contributed by atoms with E-state index in [2.05, 4.69) is 15.5 Å². The smallest absolute Gasteiger partial charge is 0.309 e. The van der Waals surface area contributed by atoms with Gasteiger partial charge in [-0.3, -0.25) is 4.79 Å². The van der Waals surface area contributed by atoms with Gasteiger partial charge in [0, 0.05) is 6.54 Å². The van der Waals surface area contributed by atoms with Crippen LogP contribution in [-0.2, 0) is 22.7 Å². The third-order valence-corrected chi connectivity index (χ3v) is 2.72. The lowest BCUT2D eigenvalue weighted by atomic mass is 10.3. The third-order valence-electron chi connectivity index (χ3n) is 2.72. The van der Waals surface area contributed by atoms with E-state index < -0.39 is 0 Å². The molecule has 0 radical (unpaired) electrons. The first-order valence-corrected chi connectivity index (χ1v) is 6.88. The Labute approximate surface area is 122 Å². The van der Waals surface area contributed by atoms with Gasteiger partial charge in [0.15, 0.2) is 12.4 Å². The molecule has 0 atom stereocenters. The first-order chi connectivity index (χ1) is 10.3. The highest BCUT2D eigenvalue weighted by Crippen LogP contribution is 2.08. The number of ether oxygens (including phenoxy) is 2. The van der Waals surface area contributed by atoms with Gasteiger partial charge >= 0.3 is 5.97 Å². The van der Waals surface area contributed by atoms with Gasteiger partial charge in [0.2, 0.25) is 0 Å². The number of rotatable bonds is 8. The second-order valence-corrected chi connectivity index (χ2v) is 4.39. The second-order valence-electron chi connectivity index (χ2n) is 4.39. The van der Waals surface area contributed by atoms with Gasteiger partial charge in [0.1, 0.15) is 5.75 Å². The minimum absolute atomic E-state index is 0.0805. The molecule has 0 saturated heterocycles. The van der Waals surface area contributed by atoms with Crippen LogP contribution in [0.4, 0.5) is 0 Å². The SMILES string of the molecule is CCCn1nnnc1COC(=O)CCOc1ccccc1. The van der Waals surface area contributed by atoms with Gasteiger partial charge in [-0.1, -0.05) is 25.1 Å². The largest absolute Gasteiger partial charge is 0.493 e. The van der Waals surface area contributed by atoms with Crippen LogP contribution in [0.1, 0.15) is 25.6 Å². The third kappa shape index (κ3) is 4.87. The summed E-state index contributed by atoms with van der Waals surface area (Å²) in [5.41, 5.74) is 0. The summed E-state index contributed by atoms with van der Waals surface area (Å²) in [4.78, 5) is 11.6.